The van der Waals surface area contributed by atoms with Crippen LogP contribution in [0.3, 0.4) is 0 Å². The Hall–Kier alpha value is -2.94. The number of anilines is 1. The van der Waals surface area contributed by atoms with E-state index < -0.39 is 27.0 Å². The molecule has 0 fully saturated rings. The number of nitro benzene ring substituents is 1. The summed E-state index contributed by atoms with van der Waals surface area (Å²) in [6.45, 7) is 3.21. The van der Waals surface area contributed by atoms with E-state index in [1.807, 2.05) is 6.92 Å². The summed E-state index contributed by atoms with van der Waals surface area (Å²) in [6.07, 6.45) is 0. The number of methoxy groups -OCH3 is 1. The average molecular weight is 378 g/mol. The van der Waals surface area contributed by atoms with E-state index in [-0.39, 0.29) is 16.3 Å². The highest BCUT2D eigenvalue weighted by atomic mass is 32.2. The number of nitrogens with zero attached hydrogens (tertiary/aromatic N) is 2. The quantitative estimate of drug-likeness (QED) is 0.434. The number of rotatable bonds is 6. The Kier molecular flexibility index (Phi) is 5.61. The van der Waals surface area contributed by atoms with Crippen molar-refractivity contribution in [2.24, 2.45) is 0 Å². The van der Waals surface area contributed by atoms with E-state index in [1.54, 1.807) is 12.1 Å². The Morgan fingerprint density at radius 2 is 1.65 bits per heavy atom. The fourth-order valence-corrected chi connectivity index (χ4v) is 3.99. The summed E-state index contributed by atoms with van der Waals surface area (Å²) in [5.41, 5.74) is 0.813. The van der Waals surface area contributed by atoms with Crippen molar-refractivity contribution in [3.8, 4) is 0 Å². The molecule has 0 bridgehead atoms. The van der Waals surface area contributed by atoms with Gasteiger partial charge in [0.05, 0.1) is 22.6 Å². The fraction of sp³-hybridized carbons (Fsp3) is 0.235. The number of non-ortho nitro benzene ring substituents is 1. The predicted octanol–water partition coefficient (Wildman–Crippen LogP) is 2.66. The summed E-state index contributed by atoms with van der Waals surface area (Å²) in [7, 11) is -2.94. The van der Waals surface area contributed by atoms with Gasteiger partial charge < -0.3 is 4.74 Å². The highest BCUT2D eigenvalue weighted by molar-refractivity contribution is 7.92. The molecule has 0 saturated carbocycles. The molecule has 2 aromatic carbocycles. The molecular weight excluding hydrogens is 360 g/mol. The Morgan fingerprint density at radius 3 is 2.12 bits per heavy atom. The number of esters is 1. The topological polar surface area (TPSA) is 107 Å². The Bertz CT molecular complexity index is 907. The Morgan fingerprint density at radius 1 is 1.12 bits per heavy atom. The molecule has 0 spiro atoms. The van der Waals surface area contributed by atoms with Gasteiger partial charge in [0.2, 0.25) is 0 Å². The molecule has 26 heavy (non-hydrogen) atoms. The molecule has 1 atom stereocenters. The van der Waals surface area contributed by atoms with Gasteiger partial charge in [0.15, 0.2) is 0 Å². The smallest absolute Gasteiger partial charge is 0.329 e. The lowest BCUT2D eigenvalue weighted by atomic mass is 10.2. The van der Waals surface area contributed by atoms with Gasteiger partial charge in [0.1, 0.15) is 6.04 Å². The zero-order chi connectivity index (χ0) is 19.5. The predicted molar refractivity (Wildman–Crippen MR) is 95.4 cm³/mol. The third-order valence-electron chi connectivity index (χ3n) is 3.79. The second-order valence-electron chi connectivity index (χ2n) is 5.59. The SMILES string of the molecule is COC(=O)[C@H](C)N(c1ccc([N+](=O)[O-])cc1)S(=O)(=O)c1ccc(C)cc1. The number of hydrogen-bond acceptors (Lipinski definition) is 6. The number of carbonyl (C=O) groups is 1. The van der Waals surface area contributed by atoms with E-state index in [1.165, 1.54) is 43.3 Å². The first-order chi connectivity index (χ1) is 12.2. The Labute approximate surface area is 151 Å². The largest absolute Gasteiger partial charge is 0.467 e. The number of sulfonamides is 1. The lowest BCUT2D eigenvalue weighted by Crippen LogP contribution is -2.44. The molecule has 0 radical (unpaired) electrons. The zero-order valence-corrected chi connectivity index (χ0v) is 15.3. The summed E-state index contributed by atoms with van der Waals surface area (Å²) < 4.78 is 31.8. The number of carbonyl (C=O) groups excluding carboxylic acids is 1. The van der Waals surface area contributed by atoms with Crippen LogP contribution in [0.25, 0.3) is 0 Å². The zero-order valence-electron chi connectivity index (χ0n) is 14.4. The van der Waals surface area contributed by atoms with Crippen LogP contribution < -0.4 is 4.31 Å². The normalized spacial score (nSPS) is 12.3. The molecular formula is C17H18N2O6S. The summed E-state index contributed by atoms with van der Waals surface area (Å²) in [6, 6.07) is 9.92. The van der Waals surface area contributed by atoms with E-state index in [0.717, 1.165) is 17.0 Å². The van der Waals surface area contributed by atoms with Crippen molar-refractivity contribution >= 4 is 27.4 Å². The number of ether oxygens (including phenoxy) is 1. The van der Waals surface area contributed by atoms with Gasteiger partial charge in [-0.25, -0.2) is 13.2 Å². The maximum atomic E-state index is 13.1. The maximum absolute atomic E-state index is 13.1. The van der Waals surface area contributed by atoms with Crippen molar-refractivity contribution in [2.45, 2.75) is 24.8 Å². The van der Waals surface area contributed by atoms with E-state index in [0.29, 0.717) is 0 Å². The molecule has 0 aliphatic rings. The van der Waals surface area contributed by atoms with Gasteiger partial charge >= 0.3 is 5.97 Å². The van der Waals surface area contributed by atoms with Crippen molar-refractivity contribution in [3.63, 3.8) is 0 Å². The average Bonchev–Trinajstić information content (AvgIpc) is 2.61. The van der Waals surface area contributed by atoms with Gasteiger partial charge in [0.25, 0.3) is 15.7 Å². The molecule has 0 heterocycles. The van der Waals surface area contributed by atoms with Gasteiger partial charge in [-0.3, -0.25) is 14.4 Å². The van der Waals surface area contributed by atoms with Gasteiger partial charge in [-0.15, -0.1) is 0 Å². The number of benzene rings is 2. The highest BCUT2D eigenvalue weighted by Crippen LogP contribution is 2.28. The molecule has 138 valence electrons. The van der Waals surface area contributed by atoms with Gasteiger partial charge in [-0.05, 0) is 38.1 Å². The van der Waals surface area contributed by atoms with Crippen LogP contribution in [0.15, 0.2) is 53.4 Å². The van der Waals surface area contributed by atoms with Crippen LogP contribution in [-0.2, 0) is 19.6 Å². The van der Waals surface area contributed by atoms with Crippen molar-refractivity contribution in [1.29, 1.82) is 0 Å². The van der Waals surface area contributed by atoms with Gasteiger partial charge in [-0.2, -0.15) is 0 Å². The minimum atomic E-state index is -4.10. The van der Waals surface area contributed by atoms with Crippen LogP contribution in [0.1, 0.15) is 12.5 Å². The van der Waals surface area contributed by atoms with Crippen molar-refractivity contribution in [1.82, 2.24) is 0 Å². The Balaban J connectivity index is 2.58. The molecule has 8 nitrogen and oxygen atoms in total. The van der Waals surface area contributed by atoms with E-state index in [2.05, 4.69) is 4.74 Å². The third kappa shape index (κ3) is 3.83. The molecule has 0 amide bonds. The molecule has 0 N–H and O–H groups in total. The van der Waals surface area contributed by atoms with Crippen LogP contribution >= 0.6 is 0 Å². The van der Waals surface area contributed by atoms with Crippen molar-refractivity contribution in [3.05, 3.63) is 64.2 Å². The summed E-state index contributed by atoms with van der Waals surface area (Å²) in [5.74, 6) is -0.751. The molecule has 2 rings (SSSR count). The third-order valence-corrected chi connectivity index (χ3v) is 5.70. The second-order valence-corrected chi connectivity index (χ2v) is 7.40. The molecule has 0 aliphatic carbocycles. The molecule has 2 aromatic rings. The van der Waals surface area contributed by atoms with Crippen LogP contribution in [0.4, 0.5) is 11.4 Å². The van der Waals surface area contributed by atoms with Crippen molar-refractivity contribution < 1.29 is 22.9 Å². The number of hydrogen-bond donors (Lipinski definition) is 0. The van der Waals surface area contributed by atoms with Gasteiger partial charge in [-0.1, -0.05) is 17.7 Å². The lowest BCUT2D eigenvalue weighted by molar-refractivity contribution is -0.384. The first-order valence-electron chi connectivity index (χ1n) is 7.62. The number of aryl methyl sites for hydroxylation is 1. The second kappa shape index (κ2) is 7.52. The maximum Gasteiger partial charge on any atom is 0.329 e. The molecule has 0 aromatic heterocycles. The highest BCUT2D eigenvalue weighted by Gasteiger charge is 2.34. The first kappa shape index (κ1) is 19.4. The molecule has 9 heteroatoms. The van der Waals surface area contributed by atoms with Crippen LogP contribution in [0.2, 0.25) is 0 Å². The monoisotopic (exact) mass is 378 g/mol. The van der Waals surface area contributed by atoms with Gasteiger partial charge in [0, 0.05) is 12.1 Å². The first-order valence-corrected chi connectivity index (χ1v) is 9.06. The minimum absolute atomic E-state index is 0.00259. The standard InChI is InChI=1S/C17H18N2O6S/c1-12-4-10-16(11-5-12)26(23,24)18(13(2)17(20)25-3)14-6-8-15(9-7-14)19(21)22/h4-11,13H,1-3H3/t13-/m0/s1. The van der Waals surface area contributed by atoms with Crippen LogP contribution in [0, 0.1) is 17.0 Å². The minimum Gasteiger partial charge on any atom is -0.467 e. The molecule has 0 saturated heterocycles. The van der Waals surface area contributed by atoms with Crippen molar-refractivity contribution in [2.75, 3.05) is 11.4 Å². The lowest BCUT2D eigenvalue weighted by Gasteiger charge is -2.28. The fourth-order valence-electron chi connectivity index (χ4n) is 2.38. The molecule has 0 aliphatic heterocycles. The summed E-state index contributed by atoms with van der Waals surface area (Å²) >= 11 is 0. The van der Waals surface area contributed by atoms with E-state index >= 15 is 0 Å². The number of nitro groups is 1. The molecule has 0 unspecified atom stereocenters. The summed E-state index contributed by atoms with van der Waals surface area (Å²) in [4.78, 5) is 22.2. The van der Waals surface area contributed by atoms with E-state index in [9.17, 15) is 23.3 Å². The summed E-state index contributed by atoms with van der Waals surface area (Å²) in [5, 5.41) is 10.8. The van der Waals surface area contributed by atoms with Crippen LogP contribution in [-0.4, -0.2) is 32.5 Å². The van der Waals surface area contributed by atoms with E-state index in [4.69, 9.17) is 0 Å². The van der Waals surface area contributed by atoms with Crippen LogP contribution in [0.5, 0.6) is 0 Å².